The van der Waals surface area contributed by atoms with Crippen molar-refractivity contribution in [3.63, 3.8) is 0 Å². The lowest BCUT2D eigenvalue weighted by atomic mass is 9.95. The maximum Gasteiger partial charge on any atom is 0.402 e. The van der Waals surface area contributed by atoms with Crippen LogP contribution in [0.15, 0.2) is 0 Å². The van der Waals surface area contributed by atoms with Gasteiger partial charge in [0.25, 0.3) is 0 Å². The summed E-state index contributed by atoms with van der Waals surface area (Å²) in [6, 6.07) is -0.207. The third kappa shape index (κ3) is 2.16. The van der Waals surface area contributed by atoms with Crippen LogP contribution in [0, 0.1) is 0 Å². The minimum atomic E-state index is -1.63. The van der Waals surface area contributed by atoms with Crippen LogP contribution in [0.2, 0.25) is 0 Å². The zero-order valence-electron chi connectivity index (χ0n) is 6.93. The Bertz CT molecular complexity index is 157. The zero-order chi connectivity index (χ0) is 8.97. The molecule has 1 rings (SSSR count). The van der Waals surface area contributed by atoms with Gasteiger partial charge in [-0.25, -0.2) is 9.18 Å². The lowest BCUT2D eigenvalue weighted by molar-refractivity contribution is 0.104. The van der Waals surface area contributed by atoms with Crippen molar-refractivity contribution in [2.24, 2.45) is 0 Å². The molecule has 1 aliphatic rings. The molecule has 70 valence electrons. The molecule has 0 saturated heterocycles. The van der Waals surface area contributed by atoms with Crippen LogP contribution in [0.25, 0.3) is 0 Å². The highest BCUT2D eigenvalue weighted by Crippen LogP contribution is 2.22. The first-order chi connectivity index (χ1) is 5.75. The smallest absolute Gasteiger partial charge is 0.283 e. The molecule has 0 atom stereocenters. The third-order valence-electron chi connectivity index (χ3n) is 2.37. The average Bonchev–Trinajstić information content (AvgIpc) is 2.07. The van der Waals surface area contributed by atoms with Gasteiger partial charge in [-0.2, -0.15) is 0 Å². The Morgan fingerprint density at radius 1 is 1.33 bits per heavy atom. The van der Waals surface area contributed by atoms with Gasteiger partial charge in [0.1, 0.15) is 0 Å². The largest absolute Gasteiger partial charge is 0.402 e. The van der Waals surface area contributed by atoms with E-state index in [1.807, 2.05) is 0 Å². The first-order valence-corrected chi connectivity index (χ1v) is 4.27. The summed E-state index contributed by atoms with van der Waals surface area (Å²) in [5.41, 5.74) is 0. The van der Waals surface area contributed by atoms with Crippen LogP contribution in [0.5, 0.6) is 0 Å². The number of hydrogen-bond acceptors (Lipinski definition) is 1. The number of hydrogen-bond donors (Lipinski definition) is 0. The van der Waals surface area contributed by atoms with Gasteiger partial charge in [0.05, 0.1) is 0 Å². The minimum absolute atomic E-state index is 0.207. The lowest BCUT2D eigenvalue weighted by Crippen LogP contribution is -2.38. The molecule has 0 spiro atoms. The van der Waals surface area contributed by atoms with Gasteiger partial charge >= 0.3 is 6.16 Å². The van der Waals surface area contributed by atoms with Gasteiger partial charge < -0.3 is 0 Å². The molecule has 0 N–H and O–H groups in total. The predicted molar refractivity (Wildman–Crippen MR) is 41.2 cm³/mol. The molecule has 12 heavy (non-hydrogen) atoms. The van der Waals surface area contributed by atoms with E-state index in [1.54, 1.807) is 0 Å². The Morgan fingerprint density at radius 3 is 2.33 bits per heavy atom. The van der Waals surface area contributed by atoms with Gasteiger partial charge in [-0.05, 0) is 12.8 Å². The van der Waals surface area contributed by atoms with Crippen molar-refractivity contribution in [1.29, 1.82) is 0 Å². The van der Waals surface area contributed by atoms with Crippen LogP contribution in [-0.4, -0.2) is 23.9 Å². The normalized spacial score (nSPS) is 19.2. The van der Waals surface area contributed by atoms with Crippen LogP contribution >= 0.6 is 0 Å². The number of halogens is 2. The van der Waals surface area contributed by atoms with E-state index >= 15 is 0 Å². The third-order valence-corrected chi connectivity index (χ3v) is 2.37. The van der Waals surface area contributed by atoms with E-state index in [0.29, 0.717) is 4.90 Å². The monoisotopic (exact) mass is 177 g/mol. The highest BCUT2D eigenvalue weighted by molar-refractivity contribution is 5.66. The molecule has 1 fully saturated rings. The highest BCUT2D eigenvalue weighted by Gasteiger charge is 2.24. The molecule has 0 aromatic carbocycles. The molecule has 0 aliphatic heterocycles. The summed E-state index contributed by atoms with van der Waals surface area (Å²) in [5, 5.41) is 0. The summed E-state index contributed by atoms with van der Waals surface area (Å²) in [6.45, 7) is -1.00. The fourth-order valence-electron chi connectivity index (χ4n) is 1.68. The molecule has 0 heterocycles. The van der Waals surface area contributed by atoms with Crippen molar-refractivity contribution in [2.75, 3.05) is 6.80 Å². The minimum Gasteiger partial charge on any atom is -0.283 e. The van der Waals surface area contributed by atoms with Crippen molar-refractivity contribution in [3.8, 4) is 0 Å². The van der Waals surface area contributed by atoms with Gasteiger partial charge in [0, 0.05) is 6.04 Å². The van der Waals surface area contributed by atoms with Gasteiger partial charge in [-0.3, -0.25) is 4.90 Å². The van der Waals surface area contributed by atoms with Gasteiger partial charge in [-0.15, -0.1) is 4.39 Å². The number of alkyl halides is 1. The highest BCUT2D eigenvalue weighted by atomic mass is 19.1. The Kier molecular flexibility index (Phi) is 3.44. The summed E-state index contributed by atoms with van der Waals surface area (Å²) in [7, 11) is 0. The Hall–Kier alpha value is -0.670. The summed E-state index contributed by atoms with van der Waals surface area (Å²) < 4.78 is 24.4. The fourth-order valence-corrected chi connectivity index (χ4v) is 1.68. The SMILES string of the molecule is O=C(F)N(CF)C1CCCCC1. The summed E-state index contributed by atoms with van der Waals surface area (Å²) >= 11 is 0. The Labute approximate surface area is 70.5 Å². The molecule has 0 aromatic heterocycles. The molecule has 4 heteroatoms. The molecule has 0 aromatic rings. The fraction of sp³-hybridized carbons (Fsp3) is 0.875. The second-order valence-corrected chi connectivity index (χ2v) is 3.13. The van der Waals surface area contributed by atoms with Crippen LogP contribution in [0.3, 0.4) is 0 Å². The molecule has 2 nitrogen and oxygen atoms in total. The van der Waals surface area contributed by atoms with Crippen LogP contribution in [0.1, 0.15) is 32.1 Å². The molecule has 1 saturated carbocycles. The topological polar surface area (TPSA) is 20.3 Å². The maximum atomic E-state index is 12.2. The second-order valence-electron chi connectivity index (χ2n) is 3.13. The molecule has 0 unspecified atom stereocenters. The zero-order valence-corrected chi connectivity index (χ0v) is 6.93. The van der Waals surface area contributed by atoms with Crippen molar-refractivity contribution < 1.29 is 13.6 Å². The quantitative estimate of drug-likeness (QED) is 0.469. The van der Waals surface area contributed by atoms with Crippen LogP contribution in [0.4, 0.5) is 13.6 Å². The summed E-state index contributed by atoms with van der Waals surface area (Å²) in [4.78, 5) is 11.0. The lowest BCUT2D eigenvalue weighted by Gasteiger charge is -2.29. The number of rotatable bonds is 2. The van der Waals surface area contributed by atoms with Crippen LogP contribution < -0.4 is 0 Å². The molecular weight excluding hydrogens is 164 g/mol. The van der Waals surface area contributed by atoms with E-state index in [-0.39, 0.29) is 6.04 Å². The predicted octanol–water partition coefficient (Wildman–Crippen LogP) is 2.64. The molecular formula is C8H13F2NO. The molecule has 1 amide bonds. The first-order valence-electron chi connectivity index (χ1n) is 4.27. The first kappa shape index (κ1) is 9.42. The average molecular weight is 177 g/mol. The van der Waals surface area contributed by atoms with Crippen LogP contribution in [-0.2, 0) is 0 Å². The van der Waals surface area contributed by atoms with E-state index in [0.717, 1.165) is 32.1 Å². The second kappa shape index (κ2) is 4.38. The van der Waals surface area contributed by atoms with Crippen molar-refractivity contribution in [1.82, 2.24) is 4.90 Å². The number of nitrogens with zero attached hydrogens (tertiary/aromatic N) is 1. The summed E-state index contributed by atoms with van der Waals surface area (Å²) in [5.74, 6) is 0. The van der Waals surface area contributed by atoms with Crippen molar-refractivity contribution in [3.05, 3.63) is 0 Å². The van der Waals surface area contributed by atoms with E-state index in [4.69, 9.17) is 0 Å². The van der Waals surface area contributed by atoms with Gasteiger partial charge in [0.15, 0.2) is 6.80 Å². The number of carbonyl (C=O) groups excluding carboxylic acids is 1. The van der Waals surface area contributed by atoms with E-state index < -0.39 is 13.0 Å². The standard InChI is InChI=1S/C8H13F2NO/c9-6-11(8(10)12)7-4-2-1-3-5-7/h7H,1-6H2. The molecule has 0 radical (unpaired) electrons. The number of carbonyl (C=O) groups is 1. The van der Waals surface area contributed by atoms with E-state index in [1.165, 1.54) is 0 Å². The van der Waals surface area contributed by atoms with E-state index in [9.17, 15) is 13.6 Å². The molecule has 0 bridgehead atoms. The maximum absolute atomic E-state index is 12.2. The van der Waals surface area contributed by atoms with Gasteiger partial charge in [0.2, 0.25) is 0 Å². The van der Waals surface area contributed by atoms with Crippen molar-refractivity contribution >= 4 is 6.16 Å². The van der Waals surface area contributed by atoms with Crippen molar-refractivity contribution in [2.45, 2.75) is 38.1 Å². The van der Waals surface area contributed by atoms with E-state index in [2.05, 4.69) is 0 Å². The number of amides is 1. The summed E-state index contributed by atoms with van der Waals surface area (Å²) in [6.07, 6.45) is 2.88. The Balaban J connectivity index is 2.46. The Morgan fingerprint density at radius 2 is 1.92 bits per heavy atom. The van der Waals surface area contributed by atoms with Gasteiger partial charge in [-0.1, -0.05) is 19.3 Å². The molecule has 1 aliphatic carbocycles.